The Balaban J connectivity index is 2.14. The van der Waals surface area contributed by atoms with Gasteiger partial charge in [0.2, 0.25) is 0 Å². The van der Waals surface area contributed by atoms with Crippen LogP contribution in [0.4, 0.5) is 18.9 Å². The lowest BCUT2D eigenvalue weighted by Gasteiger charge is -2.30. The van der Waals surface area contributed by atoms with Gasteiger partial charge in [0.15, 0.2) is 5.11 Å². The number of nitrogens with one attached hydrogen (secondary N) is 1. The average Bonchev–Trinajstić information content (AvgIpc) is 2.88. The van der Waals surface area contributed by atoms with E-state index in [4.69, 9.17) is 22.9 Å². The first-order chi connectivity index (χ1) is 14.4. The van der Waals surface area contributed by atoms with Gasteiger partial charge in [0.05, 0.1) is 35.5 Å². The second-order valence-electron chi connectivity index (χ2n) is 7.76. The number of carbonyl (C=O) groups excluding carboxylic acids is 1. The van der Waals surface area contributed by atoms with Crippen LogP contribution >= 0.6 is 12.2 Å². The molecular weight excluding hydrogens is 429 g/mol. The molecule has 1 heterocycles. The van der Waals surface area contributed by atoms with Gasteiger partial charge >= 0.3 is 12.1 Å². The van der Waals surface area contributed by atoms with Crippen molar-refractivity contribution in [3.63, 3.8) is 0 Å². The Kier molecular flexibility index (Phi) is 7.65. The van der Waals surface area contributed by atoms with Crippen molar-refractivity contribution in [2.24, 2.45) is 0 Å². The maximum absolute atomic E-state index is 13.4. The zero-order valence-electron chi connectivity index (χ0n) is 17.7. The van der Waals surface area contributed by atoms with Crippen LogP contribution in [0.5, 0.6) is 0 Å². The van der Waals surface area contributed by atoms with Crippen molar-refractivity contribution in [3.8, 4) is 6.07 Å². The average molecular weight is 455 g/mol. The van der Waals surface area contributed by atoms with Gasteiger partial charge in [-0.2, -0.15) is 18.4 Å². The summed E-state index contributed by atoms with van der Waals surface area (Å²) in [5.41, 5.74) is -2.22. The number of benzene rings is 1. The Morgan fingerprint density at radius 3 is 2.48 bits per heavy atom. The second-order valence-corrected chi connectivity index (χ2v) is 8.12. The zero-order chi connectivity index (χ0) is 23.4. The molecule has 0 amide bonds. The molecule has 2 rings (SSSR count). The first kappa shape index (κ1) is 24.6. The van der Waals surface area contributed by atoms with Gasteiger partial charge in [0.25, 0.3) is 0 Å². The molecule has 1 aromatic rings. The van der Waals surface area contributed by atoms with Gasteiger partial charge in [-0.15, -0.1) is 0 Å². The van der Waals surface area contributed by atoms with Crippen LogP contribution in [0.2, 0.25) is 0 Å². The zero-order valence-corrected chi connectivity index (χ0v) is 18.5. The molecule has 0 aliphatic carbocycles. The molecule has 1 aliphatic rings. The fourth-order valence-corrected chi connectivity index (χ4v) is 3.99. The van der Waals surface area contributed by atoms with Crippen molar-refractivity contribution in [1.82, 2.24) is 4.90 Å². The quantitative estimate of drug-likeness (QED) is 0.343. The predicted molar refractivity (Wildman–Crippen MR) is 115 cm³/mol. The van der Waals surface area contributed by atoms with Crippen molar-refractivity contribution in [2.75, 3.05) is 18.6 Å². The Labute approximate surface area is 185 Å². The SMILES string of the molecule is COC(=O)CCCCCCN1C(=S)N(c2ccc(C#N)c(C(F)(F)F)c2)C(=N)C1(C)C. The number of halogens is 3. The Morgan fingerprint density at radius 1 is 1.26 bits per heavy atom. The molecule has 0 aromatic heterocycles. The summed E-state index contributed by atoms with van der Waals surface area (Å²) in [4.78, 5) is 14.3. The molecule has 0 spiro atoms. The number of rotatable bonds is 8. The molecule has 1 N–H and O–H groups in total. The van der Waals surface area contributed by atoms with Crippen LogP contribution in [0.25, 0.3) is 0 Å². The van der Waals surface area contributed by atoms with Gasteiger partial charge in [-0.05, 0) is 57.1 Å². The molecular formula is C21H25F3N4O2S. The van der Waals surface area contributed by atoms with Crippen LogP contribution in [0.1, 0.15) is 57.1 Å². The molecule has 0 bridgehead atoms. The minimum atomic E-state index is -4.69. The standard InChI is InChI=1S/C21H25F3N4O2S/c1-20(2)18(26)28(15-10-9-14(13-25)16(12-15)21(22,23)24)19(31)27(20)11-7-5-4-6-8-17(29)30-3/h9-10,12,26H,4-8,11H2,1-3H3. The third-order valence-electron chi connectivity index (χ3n) is 5.33. The van der Waals surface area contributed by atoms with Gasteiger partial charge in [-0.1, -0.05) is 12.8 Å². The van der Waals surface area contributed by atoms with Crippen molar-refractivity contribution in [2.45, 2.75) is 57.7 Å². The fourth-order valence-electron chi connectivity index (χ4n) is 3.47. The van der Waals surface area contributed by atoms with E-state index in [2.05, 4.69) is 4.74 Å². The number of carbonyl (C=O) groups is 1. The highest BCUT2D eigenvalue weighted by Crippen LogP contribution is 2.38. The fraction of sp³-hybridized carbons (Fsp3) is 0.524. The lowest BCUT2D eigenvalue weighted by molar-refractivity contribution is -0.140. The number of hydrogen-bond donors (Lipinski definition) is 1. The van der Waals surface area contributed by atoms with Crippen molar-refractivity contribution >= 4 is 34.8 Å². The summed E-state index contributed by atoms with van der Waals surface area (Å²) in [6.45, 7) is 4.13. The maximum atomic E-state index is 13.4. The summed E-state index contributed by atoms with van der Waals surface area (Å²) < 4.78 is 44.7. The minimum absolute atomic E-state index is 0.0704. The van der Waals surface area contributed by atoms with Gasteiger partial charge in [-0.3, -0.25) is 15.1 Å². The van der Waals surface area contributed by atoms with E-state index in [0.29, 0.717) is 19.4 Å². The summed E-state index contributed by atoms with van der Waals surface area (Å²) >= 11 is 5.52. The molecule has 0 atom stereocenters. The number of nitrogens with zero attached hydrogens (tertiary/aromatic N) is 3. The third-order valence-corrected chi connectivity index (χ3v) is 5.73. The molecule has 10 heteroatoms. The number of unbranched alkanes of at least 4 members (excludes halogenated alkanes) is 3. The number of hydrogen-bond acceptors (Lipinski definition) is 5. The maximum Gasteiger partial charge on any atom is 0.417 e. The van der Waals surface area contributed by atoms with E-state index in [9.17, 15) is 18.0 Å². The molecule has 0 unspecified atom stereocenters. The van der Waals surface area contributed by atoms with Crippen LogP contribution in [-0.2, 0) is 15.7 Å². The third kappa shape index (κ3) is 5.34. The minimum Gasteiger partial charge on any atom is -0.469 e. The van der Waals surface area contributed by atoms with E-state index in [0.717, 1.165) is 31.4 Å². The lowest BCUT2D eigenvalue weighted by atomic mass is 10.0. The van der Waals surface area contributed by atoms with Gasteiger partial charge in [-0.25, -0.2) is 0 Å². The number of alkyl halides is 3. The topological polar surface area (TPSA) is 80.4 Å². The number of nitriles is 1. The number of amidine groups is 1. The smallest absolute Gasteiger partial charge is 0.417 e. The van der Waals surface area contributed by atoms with E-state index in [-0.39, 0.29) is 22.6 Å². The first-order valence-corrected chi connectivity index (χ1v) is 10.2. The number of methoxy groups -OCH3 is 1. The molecule has 0 radical (unpaired) electrons. The molecule has 6 nitrogen and oxygen atoms in total. The summed E-state index contributed by atoms with van der Waals surface area (Å²) in [6, 6.07) is 4.90. The monoisotopic (exact) mass is 454 g/mol. The molecule has 1 aliphatic heterocycles. The van der Waals surface area contributed by atoms with Crippen molar-refractivity contribution in [1.29, 1.82) is 10.7 Å². The van der Waals surface area contributed by atoms with E-state index < -0.39 is 22.8 Å². The van der Waals surface area contributed by atoms with Crippen LogP contribution in [0, 0.1) is 16.7 Å². The number of esters is 1. The first-order valence-electron chi connectivity index (χ1n) is 9.84. The van der Waals surface area contributed by atoms with Crippen molar-refractivity contribution < 1.29 is 22.7 Å². The second kappa shape index (κ2) is 9.64. The van der Waals surface area contributed by atoms with E-state index in [1.807, 2.05) is 4.90 Å². The molecule has 31 heavy (non-hydrogen) atoms. The summed E-state index contributed by atoms with van der Waals surface area (Å²) in [5, 5.41) is 17.8. The Morgan fingerprint density at radius 2 is 1.90 bits per heavy atom. The van der Waals surface area contributed by atoms with E-state index in [1.165, 1.54) is 18.1 Å². The number of anilines is 1. The van der Waals surface area contributed by atoms with Crippen LogP contribution in [0.15, 0.2) is 18.2 Å². The normalized spacial score (nSPS) is 15.9. The van der Waals surface area contributed by atoms with Crippen LogP contribution < -0.4 is 4.90 Å². The Hall–Kier alpha value is -2.67. The van der Waals surface area contributed by atoms with E-state index >= 15 is 0 Å². The summed E-state index contributed by atoms with van der Waals surface area (Å²) in [7, 11) is 1.35. The van der Waals surface area contributed by atoms with E-state index in [1.54, 1.807) is 19.9 Å². The highest BCUT2D eigenvalue weighted by atomic mass is 32.1. The largest absolute Gasteiger partial charge is 0.469 e. The van der Waals surface area contributed by atoms with Gasteiger partial charge in [0, 0.05) is 13.0 Å². The molecule has 1 aromatic carbocycles. The summed E-state index contributed by atoms with van der Waals surface area (Å²) in [5.74, 6) is -0.174. The van der Waals surface area contributed by atoms with Gasteiger partial charge < -0.3 is 9.64 Å². The van der Waals surface area contributed by atoms with Crippen molar-refractivity contribution in [3.05, 3.63) is 29.3 Å². The molecule has 0 saturated carbocycles. The number of ether oxygens (including phenoxy) is 1. The highest BCUT2D eigenvalue weighted by Gasteiger charge is 2.46. The van der Waals surface area contributed by atoms with Gasteiger partial charge in [0.1, 0.15) is 5.84 Å². The highest BCUT2D eigenvalue weighted by molar-refractivity contribution is 7.80. The van der Waals surface area contributed by atoms with Crippen LogP contribution in [0.3, 0.4) is 0 Å². The molecule has 168 valence electrons. The predicted octanol–water partition coefficient (Wildman–Crippen LogP) is 4.86. The summed E-state index contributed by atoms with van der Waals surface area (Å²) in [6.07, 6.45) is -1.18. The Bertz CT molecular complexity index is 909. The van der Waals surface area contributed by atoms with Crippen LogP contribution in [-0.4, -0.2) is 41.0 Å². The molecule has 1 saturated heterocycles. The molecule has 1 fully saturated rings. The number of thiocarbonyl (C=S) groups is 1. The lowest BCUT2D eigenvalue weighted by Crippen LogP contribution is -2.44.